The number of hydrogen-bond acceptors (Lipinski definition) is 4. The van der Waals surface area contributed by atoms with Gasteiger partial charge in [-0.05, 0) is 23.8 Å². The molecule has 33 heavy (non-hydrogen) atoms. The zero-order chi connectivity index (χ0) is 22.8. The Hall–Kier alpha value is -3.42. The Bertz CT molecular complexity index is 1050. The number of aliphatic imine (C=N–C) groups is 1. The molecule has 4 atom stereocenters. The molecule has 1 aliphatic heterocycles. The number of allylic oxidation sites excluding steroid dienone is 2. The maximum Gasteiger partial charge on any atom is 0.233 e. The van der Waals surface area contributed by atoms with Crippen LogP contribution in [-0.2, 0) is 22.6 Å². The summed E-state index contributed by atoms with van der Waals surface area (Å²) in [6.45, 7) is 2.31. The highest BCUT2D eigenvalue weighted by atomic mass is 16.2. The first-order chi connectivity index (χ1) is 16.2. The van der Waals surface area contributed by atoms with Crippen LogP contribution in [0.25, 0.3) is 0 Å². The third-order valence-corrected chi connectivity index (χ3v) is 7.05. The lowest BCUT2D eigenvalue weighted by Gasteiger charge is -2.18. The van der Waals surface area contributed by atoms with Crippen molar-refractivity contribution < 1.29 is 9.59 Å². The molecule has 0 spiro atoms. The lowest BCUT2D eigenvalue weighted by molar-refractivity contribution is -0.140. The van der Waals surface area contributed by atoms with Gasteiger partial charge in [-0.1, -0.05) is 42.5 Å². The van der Waals surface area contributed by atoms with Gasteiger partial charge in [0, 0.05) is 52.0 Å². The molecular weight excluding hydrogens is 416 g/mol. The molecule has 172 valence electrons. The van der Waals surface area contributed by atoms with Gasteiger partial charge in [0.2, 0.25) is 11.8 Å². The Kier molecular flexibility index (Phi) is 5.98. The second-order valence-corrected chi connectivity index (χ2v) is 8.96. The normalized spacial score (nSPS) is 25.7. The van der Waals surface area contributed by atoms with Gasteiger partial charge >= 0.3 is 0 Å². The minimum absolute atomic E-state index is 0.00292. The Balaban J connectivity index is 1.07. The SMILES string of the molecule is CN=C(NCCc1nccn1Cc1ccccc1)NCCN1C(=O)C2C3C=CC(C3)C2C1=O. The molecule has 1 aromatic carbocycles. The van der Waals surface area contributed by atoms with Crippen LogP contribution in [0.1, 0.15) is 17.8 Å². The van der Waals surface area contributed by atoms with Crippen LogP contribution in [0, 0.1) is 23.7 Å². The van der Waals surface area contributed by atoms with E-state index in [4.69, 9.17) is 0 Å². The number of hydrogen-bond donors (Lipinski definition) is 2. The minimum atomic E-state index is -0.135. The van der Waals surface area contributed by atoms with Gasteiger partial charge in [0.1, 0.15) is 5.82 Å². The largest absolute Gasteiger partial charge is 0.356 e. The summed E-state index contributed by atoms with van der Waals surface area (Å²) in [6, 6.07) is 10.3. The van der Waals surface area contributed by atoms with Crippen LogP contribution < -0.4 is 10.6 Å². The predicted octanol–water partition coefficient (Wildman–Crippen LogP) is 1.45. The molecule has 2 aromatic rings. The monoisotopic (exact) mass is 446 g/mol. The number of carbonyl (C=O) groups is 2. The van der Waals surface area contributed by atoms with Crippen LogP contribution in [0.2, 0.25) is 0 Å². The van der Waals surface area contributed by atoms with Gasteiger partial charge < -0.3 is 15.2 Å². The molecular formula is C25H30N6O2. The lowest BCUT2D eigenvalue weighted by atomic mass is 9.85. The zero-order valence-electron chi connectivity index (χ0n) is 18.9. The molecule has 2 heterocycles. The van der Waals surface area contributed by atoms with Gasteiger partial charge in [-0.25, -0.2) is 4.98 Å². The van der Waals surface area contributed by atoms with Crippen molar-refractivity contribution in [2.24, 2.45) is 28.7 Å². The van der Waals surface area contributed by atoms with Crippen molar-refractivity contribution in [3.8, 4) is 0 Å². The van der Waals surface area contributed by atoms with E-state index in [1.807, 2.05) is 30.6 Å². The molecule has 1 saturated carbocycles. The van der Waals surface area contributed by atoms with Crippen molar-refractivity contribution in [3.05, 3.63) is 66.3 Å². The maximum absolute atomic E-state index is 12.8. The molecule has 2 amide bonds. The zero-order valence-corrected chi connectivity index (χ0v) is 18.9. The molecule has 0 radical (unpaired) electrons. The smallest absolute Gasteiger partial charge is 0.233 e. The van der Waals surface area contributed by atoms with E-state index in [9.17, 15) is 9.59 Å². The molecule has 4 unspecified atom stereocenters. The fourth-order valence-electron chi connectivity index (χ4n) is 5.48. The number of nitrogens with zero attached hydrogens (tertiary/aromatic N) is 4. The van der Waals surface area contributed by atoms with E-state index in [1.165, 1.54) is 10.5 Å². The third kappa shape index (κ3) is 4.17. The van der Waals surface area contributed by atoms with E-state index >= 15 is 0 Å². The molecule has 1 aromatic heterocycles. The lowest BCUT2D eigenvalue weighted by Crippen LogP contribution is -2.44. The number of amides is 2. The topological polar surface area (TPSA) is 91.6 Å². The molecule has 5 rings (SSSR count). The fraction of sp³-hybridized carbons (Fsp3) is 0.440. The van der Waals surface area contributed by atoms with Crippen molar-refractivity contribution in [3.63, 3.8) is 0 Å². The van der Waals surface area contributed by atoms with Gasteiger partial charge in [-0.3, -0.25) is 19.5 Å². The van der Waals surface area contributed by atoms with Gasteiger partial charge in [0.15, 0.2) is 5.96 Å². The third-order valence-electron chi connectivity index (χ3n) is 7.05. The number of aromatic nitrogens is 2. The van der Waals surface area contributed by atoms with Crippen LogP contribution in [-0.4, -0.2) is 58.9 Å². The summed E-state index contributed by atoms with van der Waals surface area (Å²) >= 11 is 0. The summed E-state index contributed by atoms with van der Waals surface area (Å²) in [7, 11) is 1.71. The first-order valence-corrected chi connectivity index (χ1v) is 11.7. The van der Waals surface area contributed by atoms with E-state index in [1.54, 1.807) is 7.05 Å². The molecule has 8 nitrogen and oxygen atoms in total. The molecule has 1 saturated heterocycles. The minimum Gasteiger partial charge on any atom is -0.356 e. The van der Waals surface area contributed by atoms with Crippen LogP contribution in [0.4, 0.5) is 0 Å². The van der Waals surface area contributed by atoms with Crippen molar-refractivity contribution in [1.82, 2.24) is 25.1 Å². The van der Waals surface area contributed by atoms with Gasteiger partial charge in [0.05, 0.1) is 11.8 Å². The van der Waals surface area contributed by atoms with E-state index < -0.39 is 0 Å². The highest BCUT2D eigenvalue weighted by molar-refractivity contribution is 6.06. The van der Waals surface area contributed by atoms with Crippen LogP contribution >= 0.6 is 0 Å². The average Bonchev–Trinajstić information content (AvgIpc) is 3.60. The first-order valence-electron chi connectivity index (χ1n) is 11.7. The average molecular weight is 447 g/mol. The Morgan fingerprint density at radius 3 is 2.45 bits per heavy atom. The number of carbonyl (C=O) groups excluding carboxylic acids is 2. The Morgan fingerprint density at radius 2 is 1.76 bits per heavy atom. The van der Waals surface area contributed by atoms with Gasteiger partial charge in [0.25, 0.3) is 0 Å². The van der Waals surface area contributed by atoms with E-state index in [2.05, 4.69) is 49.5 Å². The number of imidazole rings is 1. The maximum atomic E-state index is 12.8. The van der Waals surface area contributed by atoms with E-state index in [0.717, 1.165) is 25.2 Å². The summed E-state index contributed by atoms with van der Waals surface area (Å²) in [4.78, 5) is 35.8. The molecule has 2 N–H and O–H groups in total. The van der Waals surface area contributed by atoms with Crippen molar-refractivity contribution in [1.29, 1.82) is 0 Å². The highest BCUT2D eigenvalue weighted by Gasteiger charge is 2.58. The van der Waals surface area contributed by atoms with E-state index in [0.29, 0.717) is 25.6 Å². The number of imide groups is 1. The van der Waals surface area contributed by atoms with Crippen LogP contribution in [0.5, 0.6) is 0 Å². The van der Waals surface area contributed by atoms with Crippen molar-refractivity contribution in [2.75, 3.05) is 26.7 Å². The molecule has 3 aliphatic rings. The summed E-state index contributed by atoms with van der Waals surface area (Å²) in [5, 5.41) is 6.52. The number of rotatable bonds is 8. The number of nitrogens with one attached hydrogen (secondary N) is 2. The van der Waals surface area contributed by atoms with Crippen LogP contribution in [0.3, 0.4) is 0 Å². The fourth-order valence-corrected chi connectivity index (χ4v) is 5.48. The number of fused-ring (bicyclic) bond motifs is 5. The quantitative estimate of drug-likeness (QED) is 0.277. The standard InChI is InChI=1S/C25H30N6O2/c1-26-25(28-10-9-20-27-11-13-30(20)16-17-5-3-2-4-6-17)29-12-14-31-23(32)21-18-7-8-19(15-18)22(21)24(31)33/h2-8,11,13,18-19,21-22H,9-10,12,14-16H2,1H3,(H2,26,28,29). The van der Waals surface area contributed by atoms with Gasteiger partial charge in [-0.15, -0.1) is 0 Å². The number of likely N-dealkylation sites (tertiary alicyclic amines) is 1. The molecule has 2 fully saturated rings. The molecule has 2 aliphatic carbocycles. The summed E-state index contributed by atoms with van der Waals surface area (Å²) in [5.74, 6) is 1.88. The molecule has 2 bridgehead atoms. The van der Waals surface area contributed by atoms with Crippen molar-refractivity contribution >= 4 is 17.8 Å². The first kappa shape index (κ1) is 21.4. The second-order valence-electron chi connectivity index (χ2n) is 8.96. The predicted molar refractivity (Wildman–Crippen MR) is 125 cm³/mol. The Morgan fingerprint density at radius 1 is 1.06 bits per heavy atom. The Labute approximate surface area is 193 Å². The summed E-state index contributed by atoms with van der Waals surface area (Å²) in [5.41, 5.74) is 1.24. The number of benzene rings is 1. The summed E-state index contributed by atoms with van der Waals surface area (Å²) < 4.78 is 2.15. The molecule has 8 heteroatoms. The second kappa shape index (κ2) is 9.21. The van der Waals surface area contributed by atoms with Gasteiger partial charge in [-0.2, -0.15) is 0 Å². The highest BCUT2D eigenvalue weighted by Crippen LogP contribution is 2.52. The summed E-state index contributed by atoms with van der Waals surface area (Å²) in [6.07, 6.45) is 9.77. The van der Waals surface area contributed by atoms with Crippen molar-refractivity contribution in [2.45, 2.75) is 19.4 Å². The van der Waals surface area contributed by atoms with Crippen LogP contribution in [0.15, 0.2) is 59.9 Å². The number of guanidine groups is 1. The van der Waals surface area contributed by atoms with E-state index in [-0.39, 0.29) is 35.5 Å².